The van der Waals surface area contributed by atoms with Crippen molar-refractivity contribution in [3.05, 3.63) is 72.4 Å². The molecule has 8 heteroatoms. The minimum Gasteiger partial charge on any atom is -0.365 e. The summed E-state index contributed by atoms with van der Waals surface area (Å²) in [7, 11) is -4.35. The third-order valence-electron chi connectivity index (χ3n) is 3.17. The van der Waals surface area contributed by atoms with Crippen LogP contribution in [0, 0.1) is 5.82 Å². The van der Waals surface area contributed by atoms with Crippen LogP contribution in [0.1, 0.15) is 10.4 Å². The second-order valence-electron chi connectivity index (χ2n) is 4.78. The van der Waals surface area contributed by atoms with Gasteiger partial charge in [-0.2, -0.15) is 8.42 Å². The van der Waals surface area contributed by atoms with E-state index in [9.17, 15) is 17.6 Å². The van der Waals surface area contributed by atoms with Crippen LogP contribution in [0.3, 0.4) is 0 Å². The molecule has 0 aliphatic rings. The Kier molecular flexibility index (Phi) is 4.13. The van der Waals surface area contributed by atoms with Crippen molar-refractivity contribution in [2.24, 2.45) is 0 Å². The van der Waals surface area contributed by atoms with Crippen LogP contribution in [0.2, 0.25) is 0 Å². The number of hydrogen-bond acceptors (Lipinski definition) is 5. The second-order valence-corrected chi connectivity index (χ2v) is 6.20. The van der Waals surface area contributed by atoms with Crippen LogP contribution < -0.4 is 4.18 Å². The number of hydrogen-bond donors (Lipinski definition) is 0. The first-order chi connectivity index (χ1) is 11.5. The van der Waals surface area contributed by atoms with Gasteiger partial charge in [-0.05, 0) is 30.3 Å². The van der Waals surface area contributed by atoms with Crippen molar-refractivity contribution in [2.75, 3.05) is 0 Å². The molecule has 3 rings (SSSR count). The zero-order valence-corrected chi connectivity index (χ0v) is 13.0. The molecule has 0 N–H and O–H groups in total. The van der Waals surface area contributed by atoms with Gasteiger partial charge in [0.25, 0.3) is 0 Å². The van der Waals surface area contributed by atoms with Crippen molar-refractivity contribution >= 4 is 16.6 Å². The molecular weight excluding hydrogens is 335 g/mol. The SMILES string of the molecule is O=Cc1cc(-c2ccccc2F)n(S(=O)(=O)Oc2cccnc2)c1. The van der Waals surface area contributed by atoms with Crippen molar-refractivity contribution < 1.29 is 21.8 Å². The number of pyridine rings is 1. The van der Waals surface area contributed by atoms with Crippen LogP contribution in [-0.2, 0) is 10.3 Å². The summed E-state index contributed by atoms with van der Waals surface area (Å²) >= 11 is 0. The summed E-state index contributed by atoms with van der Waals surface area (Å²) < 4.78 is 44.8. The Morgan fingerprint density at radius 1 is 1.17 bits per heavy atom. The quantitative estimate of drug-likeness (QED) is 0.664. The molecule has 3 aromatic rings. The highest BCUT2D eigenvalue weighted by Crippen LogP contribution is 2.27. The lowest BCUT2D eigenvalue weighted by atomic mass is 10.1. The molecule has 0 aliphatic carbocycles. The maximum Gasteiger partial charge on any atom is 0.413 e. The van der Waals surface area contributed by atoms with E-state index in [4.69, 9.17) is 4.18 Å². The van der Waals surface area contributed by atoms with Gasteiger partial charge < -0.3 is 4.18 Å². The Bertz CT molecular complexity index is 984. The molecular formula is C16H11FN2O4S. The average molecular weight is 346 g/mol. The molecule has 6 nitrogen and oxygen atoms in total. The Morgan fingerprint density at radius 2 is 1.96 bits per heavy atom. The molecule has 0 bridgehead atoms. The van der Waals surface area contributed by atoms with E-state index in [-0.39, 0.29) is 22.6 Å². The van der Waals surface area contributed by atoms with Crippen LogP contribution >= 0.6 is 0 Å². The van der Waals surface area contributed by atoms with Gasteiger partial charge in [0, 0.05) is 23.5 Å². The molecule has 2 aromatic heterocycles. The van der Waals surface area contributed by atoms with Gasteiger partial charge in [0.1, 0.15) is 5.82 Å². The first-order valence-corrected chi connectivity index (χ1v) is 8.15. The highest BCUT2D eigenvalue weighted by Gasteiger charge is 2.23. The van der Waals surface area contributed by atoms with E-state index in [1.807, 2.05) is 0 Å². The smallest absolute Gasteiger partial charge is 0.365 e. The fourth-order valence-electron chi connectivity index (χ4n) is 2.14. The predicted molar refractivity (Wildman–Crippen MR) is 84.4 cm³/mol. The van der Waals surface area contributed by atoms with Crippen LogP contribution in [0.5, 0.6) is 5.75 Å². The third kappa shape index (κ3) is 3.04. The monoisotopic (exact) mass is 346 g/mol. The molecule has 1 aromatic carbocycles. The Labute approximate surface area is 137 Å². The van der Waals surface area contributed by atoms with Crippen molar-refractivity contribution in [1.29, 1.82) is 0 Å². The zero-order valence-electron chi connectivity index (χ0n) is 12.2. The molecule has 0 spiro atoms. The summed E-state index contributed by atoms with van der Waals surface area (Å²) in [6, 6.07) is 9.84. The van der Waals surface area contributed by atoms with E-state index in [1.165, 1.54) is 48.8 Å². The number of benzene rings is 1. The van der Waals surface area contributed by atoms with E-state index in [2.05, 4.69) is 4.98 Å². The van der Waals surface area contributed by atoms with Crippen molar-refractivity contribution in [2.45, 2.75) is 0 Å². The molecule has 2 heterocycles. The Balaban J connectivity index is 2.12. The number of aromatic nitrogens is 2. The average Bonchev–Trinajstić information content (AvgIpc) is 3.01. The highest BCUT2D eigenvalue weighted by atomic mass is 32.2. The van der Waals surface area contributed by atoms with Gasteiger partial charge >= 0.3 is 10.3 Å². The standard InChI is InChI=1S/C16H11FN2O4S/c17-15-6-2-1-5-14(15)16-8-12(11-20)10-19(16)24(21,22)23-13-4-3-7-18-9-13/h1-11H. The highest BCUT2D eigenvalue weighted by molar-refractivity contribution is 7.85. The van der Waals surface area contributed by atoms with Gasteiger partial charge in [-0.1, -0.05) is 12.1 Å². The lowest BCUT2D eigenvalue weighted by molar-refractivity contribution is 0.112. The van der Waals surface area contributed by atoms with Gasteiger partial charge in [-0.15, -0.1) is 0 Å². The predicted octanol–water partition coefficient (Wildman–Crippen LogP) is 2.67. The molecule has 0 unspecified atom stereocenters. The Hall–Kier alpha value is -3.00. The number of nitrogens with zero attached hydrogens (tertiary/aromatic N) is 2. The molecule has 0 radical (unpaired) electrons. The van der Waals surface area contributed by atoms with E-state index in [0.717, 1.165) is 10.2 Å². The molecule has 0 fully saturated rings. The zero-order chi connectivity index (χ0) is 17.2. The topological polar surface area (TPSA) is 78.3 Å². The maximum atomic E-state index is 14.0. The molecule has 122 valence electrons. The van der Waals surface area contributed by atoms with Gasteiger partial charge in [0.15, 0.2) is 12.0 Å². The van der Waals surface area contributed by atoms with Gasteiger partial charge in [-0.3, -0.25) is 9.78 Å². The van der Waals surface area contributed by atoms with Crippen LogP contribution in [-0.4, -0.2) is 23.7 Å². The van der Waals surface area contributed by atoms with E-state index >= 15 is 0 Å². The van der Waals surface area contributed by atoms with Gasteiger partial charge in [0.2, 0.25) is 0 Å². The normalized spacial score (nSPS) is 11.2. The summed E-state index contributed by atoms with van der Waals surface area (Å²) in [5.41, 5.74) is 0.0923. The largest absolute Gasteiger partial charge is 0.413 e. The van der Waals surface area contributed by atoms with E-state index < -0.39 is 16.1 Å². The second kappa shape index (κ2) is 6.25. The summed E-state index contributed by atoms with van der Waals surface area (Å²) in [6.07, 6.45) is 4.23. The summed E-state index contributed by atoms with van der Waals surface area (Å²) in [4.78, 5) is 14.8. The molecule has 0 saturated carbocycles. The lowest BCUT2D eigenvalue weighted by Gasteiger charge is -2.11. The molecule has 0 amide bonds. The Morgan fingerprint density at radius 3 is 2.62 bits per heavy atom. The van der Waals surface area contributed by atoms with Crippen molar-refractivity contribution in [3.63, 3.8) is 0 Å². The molecule has 0 aliphatic heterocycles. The van der Waals surface area contributed by atoms with Crippen LogP contribution in [0.4, 0.5) is 4.39 Å². The first-order valence-electron chi connectivity index (χ1n) is 6.79. The van der Waals surface area contributed by atoms with Gasteiger partial charge in [0.05, 0.1) is 11.9 Å². The summed E-state index contributed by atoms with van der Waals surface area (Å²) in [5, 5.41) is 0. The maximum absolute atomic E-state index is 14.0. The van der Waals surface area contributed by atoms with Crippen LogP contribution in [0.15, 0.2) is 61.1 Å². The number of aldehydes is 1. The van der Waals surface area contributed by atoms with Gasteiger partial charge in [-0.25, -0.2) is 8.36 Å². The minimum atomic E-state index is -4.35. The lowest BCUT2D eigenvalue weighted by Crippen LogP contribution is -2.19. The number of carbonyl (C=O) groups is 1. The fraction of sp³-hybridized carbons (Fsp3) is 0. The first kappa shape index (κ1) is 15.9. The summed E-state index contributed by atoms with van der Waals surface area (Å²) in [6.45, 7) is 0. The third-order valence-corrected chi connectivity index (χ3v) is 4.36. The van der Waals surface area contributed by atoms with E-state index in [1.54, 1.807) is 6.07 Å². The number of halogens is 1. The van der Waals surface area contributed by atoms with Crippen LogP contribution in [0.25, 0.3) is 11.3 Å². The van der Waals surface area contributed by atoms with E-state index in [0.29, 0.717) is 6.29 Å². The fourth-order valence-corrected chi connectivity index (χ4v) is 3.20. The van der Waals surface area contributed by atoms with Crippen molar-refractivity contribution in [1.82, 2.24) is 8.96 Å². The number of rotatable bonds is 5. The minimum absolute atomic E-state index is 0.00154. The summed E-state index contributed by atoms with van der Waals surface area (Å²) in [5.74, 6) is -0.621. The molecule has 24 heavy (non-hydrogen) atoms. The molecule has 0 saturated heterocycles. The number of carbonyl (C=O) groups excluding carboxylic acids is 1. The van der Waals surface area contributed by atoms with Crippen molar-refractivity contribution in [3.8, 4) is 17.0 Å². The molecule has 0 atom stereocenters.